The van der Waals surface area contributed by atoms with Gasteiger partial charge in [0.05, 0.1) is 17.1 Å². The summed E-state index contributed by atoms with van der Waals surface area (Å²) in [6.45, 7) is 3.74. The third-order valence-electron chi connectivity index (χ3n) is 4.26. The number of para-hydroxylation sites is 1. The van der Waals surface area contributed by atoms with E-state index < -0.39 is 11.4 Å². The number of fused-ring (bicyclic) bond motifs is 1. The fourth-order valence-electron chi connectivity index (χ4n) is 3.04. The Labute approximate surface area is 151 Å². The van der Waals surface area contributed by atoms with Gasteiger partial charge in [0.1, 0.15) is 5.82 Å². The fourth-order valence-corrected chi connectivity index (χ4v) is 3.04. The van der Waals surface area contributed by atoms with E-state index in [2.05, 4.69) is 10.3 Å². The van der Waals surface area contributed by atoms with Crippen LogP contribution in [0.3, 0.4) is 0 Å². The molecular formula is C20H21FN4O. The molecule has 0 bridgehead atoms. The highest BCUT2D eigenvalue weighted by molar-refractivity contribution is 6.07. The summed E-state index contributed by atoms with van der Waals surface area (Å²) < 4.78 is 13.7. The van der Waals surface area contributed by atoms with Crippen molar-refractivity contribution < 1.29 is 9.18 Å². The maximum absolute atomic E-state index is 13.7. The summed E-state index contributed by atoms with van der Waals surface area (Å²) in [4.78, 5) is 16.0. The van der Waals surface area contributed by atoms with Crippen molar-refractivity contribution in [1.82, 2.24) is 4.98 Å². The van der Waals surface area contributed by atoms with Crippen molar-refractivity contribution in [1.29, 1.82) is 0 Å². The largest absolute Gasteiger partial charge is 0.376 e. The van der Waals surface area contributed by atoms with Gasteiger partial charge in [0.15, 0.2) is 0 Å². The van der Waals surface area contributed by atoms with Gasteiger partial charge in [0, 0.05) is 22.8 Å². The van der Waals surface area contributed by atoms with Crippen LogP contribution in [0.2, 0.25) is 0 Å². The first-order chi connectivity index (χ1) is 12.3. The lowest BCUT2D eigenvalue weighted by atomic mass is 9.89. The second-order valence-corrected chi connectivity index (χ2v) is 6.88. The molecule has 5 N–H and O–H groups in total. The van der Waals surface area contributed by atoms with Gasteiger partial charge in [-0.2, -0.15) is 0 Å². The van der Waals surface area contributed by atoms with Crippen LogP contribution in [-0.2, 0) is 0 Å². The van der Waals surface area contributed by atoms with Gasteiger partial charge in [-0.25, -0.2) is 4.39 Å². The number of anilines is 1. The van der Waals surface area contributed by atoms with Crippen LogP contribution in [0.1, 0.15) is 35.8 Å². The normalized spacial score (nSPS) is 12.8. The van der Waals surface area contributed by atoms with Crippen molar-refractivity contribution in [3.05, 3.63) is 71.7 Å². The van der Waals surface area contributed by atoms with E-state index in [1.165, 1.54) is 12.1 Å². The third-order valence-corrected chi connectivity index (χ3v) is 4.26. The number of hydrogen-bond acceptors (Lipinski definition) is 4. The number of nitrogens with zero attached hydrogens (tertiary/aromatic N) is 1. The van der Waals surface area contributed by atoms with Crippen molar-refractivity contribution in [3.63, 3.8) is 0 Å². The minimum Gasteiger partial charge on any atom is -0.376 e. The first-order valence-electron chi connectivity index (χ1n) is 8.26. The second-order valence-electron chi connectivity index (χ2n) is 6.88. The Hall–Kier alpha value is -2.99. The summed E-state index contributed by atoms with van der Waals surface area (Å²) in [6.07, 6.45) is 1.60. The van der Waals surface area contributed by atoms with E-state index in [0.29, 0.717) is 11.1 Å². The zero-order valence-corrected chi connectivity index (χ0v) is 14.7. The van der Waals surface area contributed by atoms with Gasteiger partial charge >= 0.3 is 0 Å². The highest BCUT2D eigenvalue weighted by atomic mass is 19.1. The Bertz CT molecular complexity index is 965. The summed E-state index contributed by atoms with van der Waals surface area (Å²) in [5.74, 6) is -0.866. The van der Waals surface area contributed by atoms with Crippen molar-refractivity contribution in [2.45, 2.75) is 25.4 Å². The molecule has 0 radical (unpaired) electrons. The summed E-state index contributed by atoms with van der Waals surface area (Å²) in [7, 11) is 0. The van der Waals surface area contributed by atoms with E-state index in [9.17, 15) is 9.18 Å². The number of benzene rings is 2. The Morgan fingerprint density at radius 3 is 2.58 bits per heavy atom. The second kappa shape index (κ2) is 6.72. The van der Waals surface area contributed by atoms with Crippen LogP contribution >= 0.6 is 0 Å². The lowest BCUT2D eigenvalue weighted by Gasteiger charge is -2.33. The molecule has 1 aromatic heterocycles. The lowest BCUT2D eigenvalue weighted by Crippen LogP contribution is -2.43. The molecule has 0 saturated carbocycles. The molecular weight excluding hydrogens is 331 g/mol. The summed E-state index contributed by atoms with van der Waals surface area (Å²) in [5, 5.41) is 4.13. The summed E-state index contributed by atoms with van der Waals surface area (Å²) in [6, 6.07) is 13.0. The Morgan fingerprint density at radius 2 is 1.92 bits per heavy atom. The number of carbonyl (C=O) groups excluding carboxylic acids is 1. The van der Waals surface area contributed by atoms with Crippen LogP contribution in [0, 0.1) is 5.82 Å². The number of aromatic nitrogens is 1. The molecule has 0 unspecified atom stereocenters. The lowest BCUT2D eigenvalue weighted by molar-refractivity contribution is 0.100. The zero-order chi connectivity index (χ0) is 18.9. The van der Waals surface area contributed by atoms with Gasteiger partial charge in [-0.05, 0) is 43.7 Å². The van der Waals surface area contributed by atoms with Crippen LogP contribution in [0.25, 0.3) is 10.9 Å². The van der Waals surface area contributed by atoms with E-state index in [4.69, 9.17) is 11.5 Å². The third kappa shape index (κ3) is 3.50. The Kier molecular flexibility index (Phi) is 4.61. The van der Waals surface area contributed by atoms with Gasteiger partial charge in [0.2, 0.25) is 0 Å². The average molecular weight is 352 g/mol. The number of carbonyl (C=O) groups is 1. The Morgan fingerprint density at radius 1 is 1.19 bits per heavy atom. The average Bonchev–Trinajstić information content (AvgIpc) is 2.58. The summed E-state index contributed by atoms with van der Waals surface area (Å²) in [5.41, 5.74) is 13.5. The number of hydrogen-bond donors (Lipinski definition) is 3. The highest BCUT2D eigenvalue weighted by Gasteiger charge is 2.27. The smallest absolute Gasteiger partial charge is 0.250 e. The number of primary amides is 1. The molecule has 3 rings (SSSR count). The van der Waals surface area contributed by atoms with E-state index in [0.717, 1.165) is 16.6 Å². The fraction of sp³-hybridized carbons (Fsp3) is 0.200. The van der Waals surface area contributed by atoms with Gasteiger partial charge in [-0.15, -0.1) is 0 Å². The molecule has 26 heavy (non-hydrogen) atoms. The molecule has 2 aromatic carbocycles. The van der Waals surface area contributed by atoms with Gasteiger partial charge in [0.25, 0.3) is 5.91 Å². The van der Waals surface area contributed by atoms with Crippen LogP contribution in [0.15, 0.2) is 54.7 Å². The molecule has 0 aliphatic rings. The van der Waals surface area contributed by atoms with Crippen molar-refractivity contribution >= 4 is 22.5 Å². The minimum absolute atomic E-state index is 0.325. The molecule has 6 heteroatoms. The number of nitrogens with two attached hydrogens (primary N) is 2. The SMILES string of the molecule is CC(C)(N)[C@@H](Nc1ccnc2c(C(N)=O)cccc12)c1cccc(F)c1. The predicted octanol–water partition coefficient (Wildman–Crippen LogP) is 3.36. The number of pyridine rings is 1. The van der Waals surface area contributed by atoms with Crippen LogP contribution in [0.4, 0.5) is 10.1 Å². The van der Waals surface area contributed by atoms with E-state index >= 15 is 0 Å². The molecule has 1 atom stereocenters. The van der Waals surface area contributed by atoms with Crippen LogP contribution < -0.4 is 16.8 Å². The highest BCUT2D eigenvalue weighted by Crippen LogP contribution is 2.32. The quantitative estimate of drug-likeness (QED) is 0.656. The van der Waals surface area contributed by atoms with Crippen molar-refractivity contribution in [3.8, 4) is 0 Å². The standard InChI is InChI=1S/C20H21FN4O/c1-20(2,23)18(12-5-3-6-13(21)11-12)25-16-9-10-24-17-14(16)7-4-8-15(17)19(22)26/h3-11,18H,23H2,1-2H3,(H2,22,26)(H,24,25)/t18-/m0/s1. The van der Waals surface area contributed by atoms with Gasteiger partial charge in [-0.1, -0.05) is 24.3 Å². The van der Waals surface area contributed by atoms with Crippen LogP contribution in [0.5, 0.6) is 0 Å². The zero-order valence-electron chi connectivity index (χ0n) is 14.7. The first kappa shape index (κ1) is 17.8. The molecule has 0 aliphatic carbocycles. The molecule has 0 aliphatic heterocycles. The molecule has 1 amide bonds. The monoisotopic (exact) mass is 352 g/mol. The van der Waals surface area contributed by atoms with E-state index in [1.54, 1.807) is 30.5 Å². The molecule has 1 heterocycles. The first-order valence-corrected chi connectivity index (χ1v) is 8.26. The molecule has 134 valence electrons. The summed E-state index contributed by atoms with van der Waals surface area (Å²) >= 11 is 0. The van der Waals surface area contributed by atoms with E-state index in [1.807, 2.05) is 26.0 Å². The van der Waals surface area contributed by atoms with E-state index in [-0.39, 0.29) is 11.9 Å². The molecule has 0 spiro atoms. The minimum atomic E-state index is -0.676. The van der Waals surface area contributed by atoms with Crippen molar-refractivity contribution in [2.75, 3.05) is 5.32 Å². The van der Waals surface area contributed by atoms with Crippen molar-refractivity contribution in [2.24, 2.45) is 11.5 Å². The number of halogens is 1. The molecule has 5 nitrogen and oxygen atoms in total. The predicted molar refractivity (Wildman–Crippen MR) is 101 cm³/mol. The van der Waals surface area contributed by atoms with Gasteiger partial charge in [-0.3, -0.25) is 9.78 Å². The number of nitrogens with one attached hydrogen (secondary N) is 1. The maximum Gasteiger partial charge on any atom is 0.250 e. The maximum atomic E-state index is 13.7. The molecule has 3 aromatic rings. The van der Waals surface area contributed by atoms with Crippen LogP contribution in [-0.4, -0.2) is 16.4 Å². The molecule has 0 fully saturated rings. The molecule has 0 saturated heterocycles. The Balaban J connectivity index is 2.11. The number of rotatable bonds is 5. The topological polar surface area (TPSA) is 94.0 Å². The number of amides is 1. The van der Waals surface area contributed by atoms with Gasteiger partial charge < -0.3 is 16.8 Å².